The summed E-state index contributed by atoms with van der Waals surface area (Å²) in [6.07, 6.45) is 2.45. The van der Waals surface area contributed by atoms with Crippen molar-refractivity contribution >= 4 is 28.4 Å². The number of rotatable bonds is 6. The van der Waals surface area contributed by atoms with Crippen molar-refractivity contribution in [3.8, 4) is 5.75 Å². The van der Waals surface area contributed by atoms with Crippen LogP contribution in [0.3, 0.4) is 0 Å². The third kappa shape index (κ3) is 4.01. The van der Waals surface area contributed by atoms with Crippen molar-refractivity contribution in [3.63, 3.8) is 0 Å². The Bertz CT molecular complexity index is 1130. The molecule has 6 heteroatoms. The number of aliphatic carboxylic acids is 1. The Morgan fingerprint density at radius 1 is 1.07 bits per heavy atom. The smallest absolute Gasteiger partial charge is 0.376 e. The molecule has 0 saturated carbocycles. The van der Waals surface area contributed by atoms with Crippen molar-refractivity contribution in [3.05, 3.63) is 70.4 Å². The van der Waals surface area contributed by atoms with E-state index in [1.807, 2.05) is 16.7 Å². The van der Waals surface area contributed by atoms with E-state index < -0.39 is 17.5 Å². The molecule has 0 aliphatic heterocycles. The topological polar surface area (TPSA) is 88.8 Å². The molecule has 2 N–H and O–H groups in total. The molecule has 29 heavy (non-hydrogen) atoms. The molecule has 0 radical (unpaired) electrons. The van der Waals surface area contributed by atoms with Crippen LogP contribution >= 0.6 is 0 Å². The number of hydrogen-bond donors (Lipinski definition) is 2. The lowest BCUT2D eigenvalue weighted by Gasteiger charge is -2.13. The molecule has 2 aromatic carbocycles. The lowest BCUT2D eigenvalue weighted by atomic mass is 10.00. The molecule has 150 valence electrons. The van der Waals surface area contributed by atoms with Gasteiger partial charge in [0.05, 0.1) is 7.11 Å². The van der Waals surface area contributed by atoms with Gasteiger partial charge in [-0.3, -0.25) is 4.79 Å². The van der Waals surface area contributed by atoms with E-state index in [2.05, 4.69) is 32.9 Å². The van der Waals surface area contributed by atoms with E-state index in [0.29, 0.717) is 23.2 Å². The Labute approximate surface area is 168 Å². The molecule has 1 heterocycles. The first-order valence-corrected chi connectivity index (χ1v) is 9.13. The van der Waals surface area contributed by atoms with Gasteiger partial charge >= 0.3 is 5.97 Å². The third-order valence-corrected chi connectivity index (χ3v) is 5.01. The van der Waals surface area contributed by atoms with Gasteiger partial charge < -0.3 is 19.5 Å². The second-order valence-electron chi connectivity index (χ2n) is 7.13. The van der Waals surface area contributed by atoms with Crippen LogP contribution in [-0.4, -0.2) is 33.6 Å². The van der Waals surface area contributed by atoms with Gasteiger partial charge in [0.1, 0.15) is 11.5 Å². The quantitative estimate of drug-likeness (QED) is 0.373. The summed E-state index contributed by atoms with van der Waals surface area (Å²) in [6, 6.07) is 9.70. The van der Waals surface area contributed by atoms with E-state index in [1.165, 1.54) is 22.3 Å². The zero-order chi connectivity index (χ0) is 21.3. The van der Waals surface area contributed by atoms with Gasteiger partial charge in [-0.15, -0.1) is 0 Å². The number of ketones is 1. The molecule has 3 rings (SSSR count). The fourth-order valence-electron chi connectivity index (χ4n) is 3.63. The standard InChI is InChI=1S/C23H23NO5/c1-13-7-14(2)18(15(3)8-13)11-24-12-19(21(25)10-22(26)23(27)28)17-9-16(29-4)5-6-20(17)24/h5-10,12,25H,11H2,1-4H3,(H,27,28). The van der Waals surface area contributed by atoms with Gasteiger partial charge in [-0.25, -0.2) is 4.79 Å². The number of carboxylic acid groups (broad SMARTS) is 1. The average Bonchev–Trinajstić information content (AvgIpc) is 3.02. The maximum absolute atomic E-state index is 11.5. The Hall–Kier alpha value is -3.54. The predicted molar refractivity (Wildman–Crippen MR) is 111 cm³/mol. The summed E-state index contributed by atoms with van der Waals surface area (Å²) in [5, 5.41) is 19.9. The Balaban J connectivity index is 2.17. The number of hydrogen-bond acceptors (Lipinski definition) is 4. The van der Waals surface area contributed by atoms with Gasteiger partial charge in [-0.1, -0.05) is 17.7 Å². The largest absolute Gasteiger partial charge is 0.507 e. The molecule has 3 aromatic rings. The van der Waals surface area contributed by atoms with Crippen LogP contribution in [0.15, 0.2) is 42.6 Å². The van der Waals surface area contributed by atoms with Crippen LogP contribution in [0.4, 0.5) is 0 Å². The number of methoxy groups -OCH3 is 1. The van der Waals surface area contributed by atoms with E-state index in [1.54, 1.807) is 19.4 Å². The molecular formula is C23H23NO5. The maximum Gasteiger partial charge on any atom is 0.376 e. The zero-order valence-corrected chi connectivity index (χ0v) is 16.8. The molecule has 0 saturated heterocycles. The highest BCUT2D eigenvalue weighted by Crippen LogP contribution is 2.31. The first kappa shape index (κ1) is 20.2. The molecule has 1 aromatic heterocycles. The van der Waals surface area contributed by atoms with Gasteiger partial charge in [0.2, 0.25) is 0 Å². The molecule has 0 aliphatic carbocycles. The number of ether oxygens (including phenoxy) is 1. The molecular weight excluding hydrogens is 370 g/mol. The number of aromatic nitrogens is 1. The highest BCUT2D eigenvalue weighted by molar-refractivity contribution is 6.38. The summed E-state index contributed by atoms with van der Waals surface area (Å²) in [6.45, 7) is 6.75. The summed E-state index contributed by atoms with van der Waals surface area (Å²) in [5.41, 5.74) is 5.90. The van der Waals surface area contributed by atoms with Gasteiger partial charge in [0.25, 0.3) is 5.78 Å². The van der Waals surface area contributed by atoms with E-state index in [9.17, 15) is 14.7 Å². The maximum atomic E-state index is 11.5. The van der Waals surface area contributed by atoms with Crippen LogP contribution in [0.2, 0.25) is 0 Å². The highest BCUT2D eigenvalue weighted by Gasteiger charge is 2.17. The molecule has 0 fully saturated rings. The molecule has 0 spiro atoms. The zero-order valence-electron chi connectivity index (χ0n) is 16.8. The number of carbonyl (C=O) groups is 2. The van der Waals surface area contributed by atoms with Crippen LogP contribution < -0.4 is 4.74 Å². The monoisotopic (exact) mass is 393 g/mol. The van der Waals surface area contributed by atoms with E-state index in [4.69, 9.17) is 9.84 Å². The van der Waals surface area contributed by atoms with Crippen LogP contribution in [0.5, 0.6) is 5.75 Å². The minimum absolute atomic E-state index is 0.371. The van der Waals surface area contributed by atoms with Gasteiger partial charge in [-0.2, -0.15) is 0 Å². The van der Waals surface area contributed by atoms with Gasteiger partial charge in [-0.05, 0) is 55.7 Å². The fraction of sp³-hybridized carbons (Fsp3) is 0.217. The summed E-state index contributed by atoms with van der Waals surface area (Å²) >= 11 is 0. The average molecular weight is 393 g/mol. The second kappa shape index (κ2) is 7.83. The minimum Gasteiger partial charge on any atom is -0.507 e. The van der Waals surface area contributed by atoms with Crippen molar-refractivity contribution in [2.75, 3.05) is 7.11 Å². The number of carboxylic acids is 1. The van der Waals surface area contributed by atoms with Crippen molar-refractivity contribution in [2.45, 2.75) is 27.3 Å². The molecule has 6 nitrogen and oxygen atoms in total. The summed E-state index contributed by atoms with van der Waals surface area (Å²) in [7, 11) is 1.54. The van der Waals surface area contributed by atoms with Crippen LogP contribution in [0.25, 0.3) is 16.7 Å². The van der Waals surface area contributed by atoms with Crippen molar-refractivity contribution in [2.24, 2.45) is 0 Å². The third-order valence-electron chi connectivity index (χ3n) is 5.01. The van der Waals surface area contributed by atoms with Crippen molar-refractivity contribution in [1.29, 1.82) is 0 Å². The lowest BCUT2D eigenvalue weighted by molar-refractivity contribution is -0.146. The van der Waals surface area contributed by atoms with E-state index in [-0.39, 0.29) is 0 Å². The number of aryl methyl sites for hydroxylation is 3. The normalized spacial score (nSPS) is 11.7. The fourth-order valence-corrected chi connectivity index (χ4v) is 3.63. The van der Waals surface area contributed by atoms with Crippen LogP contribution in [0.1, 0.15) is 27.8 Å². The Morgan fingerprint density at radius 3 is 2.31 bits per heavy atom. The Morgan fingerprint density at radius 2 is 1.72 bits per heavy atom. The first-order valence-electron chi connectivity index (χ1n) is 9.13. The lowest BCUT2D eigenvalue weighted by Crippen LogP contribution is -2.09. The number of fused-ring (bicyclic) bond motifs is 1. The minimum atomic E-state index is -1.62. The predicted octanol–water partition coefficient (Wildman–Crippen LogP) is 4.18. The van der Waals surface area contributed by atoms with Crippen LogP contribution in [-0.2, 0) is 16.1 Å². The summed E-state index contributed by atoms with van der Waals surface area (Å²) < 4.78 is 7.26. The summed E-state index contributed by atoms with van der Waals surface area (Å²) in [5.74, 6) is -2.61. The Kier molecular flexibility index (Phi) is 5.46. The van der Waals surface area contributed by atoms with Crippen molar-refractivity contribution in [1.82, 2.24) is 4.57 Å². The highest BCUT2D eigenvalue weighted by atomic mass is 16.5. The van der Waals surface area contributed by atoms with E-state index >= 15 is 0 Å². The summed E-state index contributed by atoms with van der Waals surface area (Å²) in [4.78, 5) is 22.4. The van der Waals surface area contributed by atoms with Gasteiger partial charge in [0, 0.05) is 35.3 Å². The number of carbonyl (C=O) groups excluding carboxylic acids is 1. The van der Waals surface area contributed by atoms with E-state index in [0.717, 1.165) is 11.6 Å². The number of nitrogens with zero attached hydrogens (tertiary/aromatic N) is 1. The SMILES string of the molecule is COc1ccc2c(c1)c(C(O)=CC(=O)C(=O)O)cn2Cc1c(C)cc(C)cc1C. The second-order valence-corrected chi connectivity index (χ2v) is 7.13. The number of benzene rings is 2. The molecule has 0 aliphatic rings. The number of aliphatic hydroxyl groups excluding tert-OH is 1. The number of aliphatic hydroxyl groups is 1. The molecule has 0 unspecified atom stereocenters. The molecule has 0 amide bonds. The van der Waals surface area contributed by atoms with Crippen molar-refractivity contribution < 1.29 is 24.5 Å². The molecule has 0 atom stereocenters. The molecule has 0 bridgehead atoms. The van der Waals surface area contributed by atoms with Gasteiger partial charge in [0.15, 0.2) is 0 Å². The first-order chi connectivity index (χ1) is 13.7. The van der Waals surface area contributed by atoms with Crippen LogP contribution in [0, 0.1) is 20.8 Å².